The van der Waals surface area contributed by atoms with Crippen LogP contribution in [0.1, 0.15) is 39.4 Å². The fourth-order valence-corrected chi connectivity index (χ4v) is 1.50. The van der Waals surface area contributed by atoms with Gasteiger partial charge in [0.15, 0.2) is 5.82 Å². The fourth-order valence-electron chi connectivity index (χ4n) is 1.50. The van der Waals surface area contributed by atoms with E-state index in [2.05, 4.69) is 36.2 Å². The molecule has 1 aromatic rings. The van der Waals surface area contributed by atoms with Gasteiger partial charge in [-0.15, -0.1) is 0 Å². The van der Waals surface area contributed by atoms with Gasteiger partial charge in [0.1, 0.15) is 6.33 Å². The van der Waals surface area contributed by atoms with Crippen LogP contribution >= 0.6 is 0 Å². The molecule has 5 heteroatoms. The molecule has 0 aromatic carbocycles. The molecule has 0 fully saturated rings. The minimum Gasteiger partial charge on any atom is -0.380 e. The Morgan fingerprint density at radius 3 is 2.94 bits per heavy atom. The van der Waals surface area contributed by atoms with Crippen molar-refractivity contribution in [3.05, 3.63) is 12.2 Å². The van der Waals surface area contributed by atoms with Crippen molar-refractivity contribution in [3.63, 3.8) is 0 Å². The first-order valence-electron chi connectivity index (χ1n) is 6.89. The van der Waals surface area contributed by atoms with Gasteiger partial charge in [-0.1, -0.05) is 27.2 Å². The Hall–Kier alpha value is -0.940. The lowest BCUT2D eigenvalue weighted by atomic mass is 10.2. The number of hydrogen-bond donors (Lipinski definition) is 1. The zero-order valence-electron chi connectivity index (χ0n) is 11.9. The average Bonchev–Trinajstić information content (AvgIpc) is 2.76. The fraction of sp³-hybridized carbons (Fsp3) is 0.846. The van der Waals surface area contributed by atoms with E-state index in [-0.39, 0.29) is 0 Å². The molecular formula is C13H26N4O. The molecule has 1 rings (SSSR count). The molecule has 0 aliphatic rings. The van der Waals surface area contributed by atoms with Crippen molar-refractivity contribution in [3.8, 4) is 0 Å². The molecule has 5 nitrogen and oxygen atoms in total. The van der Waals surface area contributed by atoms with E-state index in [0.29, 0.717) is 12.5 Å². The molecule has 0 saturated carbocycles. The summed E-state index contributed by atoms with van der Waals surface area (Å²) in [7, 11) is 0. The molecule has 104 valence electrons. The zero-order chi connectivity index (χ0) is 13.2. The zero-order valence-corrected chi connectivity index (χ0v) is 11.9. The first-order valence-corrected chi connectivity index (χ1v) is 6.89. The van der Waals surface area contributed by atoms with Gasteiger partial charge in [-0.05, 0) is 18.9 Å². The summed E-state index contributed by atoms with van der Waals surface area (Å²) in [6.07, 6.45) is 4.08. The highest BCUT2D eigenvalue weighted by Crippen LogP contribution is 1.93. The quantitative estimate of drug-likeness (QED) is 0.647. The summed E-state index contributed by atoms with van der Waals surface area (Å²) in [4.78, 5) is 4.26. The van der Waals surface area contributed by atoms with E-state index >= 15 is 0 Å². The van der Waals surface area contributed by atoms with Gasteiger partial charge < -0.3 is 10.1 Å². The van der Waals surface area contributed by atoms with Crippen LogP contribution < -0.4 is 5.32 Å². The lowest BCUT2D eigenvalue weighted by molar-refractivity contribution is 0.121. The van der Waals surface area contributed by atoms with Crippen LogP contribution in [0.2, 0.25) is 0 Å². The van der Waals surface area contributed by atoms with Gasteiger partial charge in [0.2, 0.25) is 0 Å². The van der Waals surface area contributed by atoms with Crippen LogP contribution in [-0.4, -0.2) is 34.5 Å². The van der Waals surface area contributed by atoms with Crippen molar-refractivity contribution in [1.29, 1.82) is 0 Å². The number of hydrogen-bond acceptors (Lipinski definition) is 4. The Labute approximate surface area is 110 Å². The van der Waals surface area contributed by atoms with Crippen LogP contribution in [0.25, 0.3) is 0 Å². The third kappa shape index (κ3) is 6.71. The van der Waals surface area contributed by atoms with Crippen LogP contribution in [0.15, 0.2) is 6.33 Å². The van der Waals surface area contributed by atoms with E-state index < -0.39 is 0 Å². The van der Waals surface area contributed by atoms with E-state index in [9.17, 15) is 0 Å². The van der Waals surface area contributed by atoms with Crippen molar-refractivity contribution >= 4 is 0 Å². The molecule has 1 aromatic heterocycles. The van der Waals surface area contributed by atoms with Crippen LogP contribution in [0.5, 0.6) is 0 Å². The summed E-state index contributed by atoms with van der Waals surface area (Å²) in [5.41, 5.74) is 0. The maximum Gasteiger partial charge on any atom is 0.164 e. The van der Waals surface area contributed by atoms with Crippen LogP contribution in [0, 0.1) is 5.92 Å². The molecule has 18 heavy (non-hydrogen) atoms. The summed E-state index contributed by atoms with van der Waals surface area (Å²) in [5, 5.41) is 7.72. The monoisotopic (exact) mass is 254 g/mol. The Kier molecular flexibility index (Phi) is 7.60. The van der Waals surface area contributed by atoms with Crippen LogP contribution in [0.3, 0.4) is 0 Å². The number of rotatable bonds is 10. The van der Waals surface area contributed by atoms with Crippen molar-refractivity contribution in [2.45, 2.75) is 46.7 Å². The minimum absolute atomic E-state index is 0.652. The van der Waals surface area contributed by atoms with E-state index in [1.165, 1.54) is 6.42 Å². The summed E-state index contributed by atoms with van der Waals surface area (Å²) >= 11 is 0. The van der Waals surface area contributed by atoms with E-state index in [4.69, 9.17) is 4.74 Å². The Morgan fingerprint density at radius 1 is 1.39 bits per heavy atom. The molecule has 0 spiro atoms. The molecule has 0 aliphatic carbocycles. The third-order valence-electron chi connectivity index (χ3n) is 2.53. The first kappa shape index (κ1) is 15.1. The summed E-state index contributed by atoms with van der Waals surface area (Å²) in [6, 6.07) is 0. The van der Waals surface area contributed by atoms with Crippen molar-refractivity contribution in [2.75, 3.05) is 19.8 Å². The van der Waals surface area contributed by atoms with E-state index in [1.807, 2.05) is 4.68 Å². The van der Waals surface area contributed by atoms with Crippen molar-refractivity contribution < 1.29 is 4.74 Å². The largest absolute Gasteiger partial charge is 0.380 e. The first-order chi connectivity index (χ1) is 8.72. The highest BCUT2D eigenvalue weighted by Gasteiger charge is 2.01. The van der Waals surface area contributed by atoms with Gasteiger partial charge in [0.25, 0.3) is 0 Å². The van der Waals surface area contributed by atoms with E-state index in [1.54, 1.807) is 6.33 Å². The molecule has 1 heterocycles. The summed E-state index contributed by atoms with van der Waals surface area (Å²) in [5.74, 6) is 1.50. The topological polar surface area (TPSA) is 52.0 Å². The molecule has 0 saturated heterocycles. The summed E-state index contributed by atoms with van der Waals surface area (Å²) < 4.78 is 7.34. The number of aromatic nitrogens is 3. The second-order valence-electron chi connectivity index (χ2n) is 4.91. The smallest absolute Gasteiger partial charge is 0.164 e. The molecule has 0 aliphatic heterocycles. The molecular weight excluding hydrogens is 228 g/mol. The SMILES string of the molecule is CCCCOCCn1cnc(CNCC(C)C)n1. The number of nitrogens with one attached hydrogen (secondary N) is 1. The van der Waals surface area contributed by atoms with Crippen molar-refractivity contribution in [2.24, 2.45) is 5.92 Å². The van der Waals surface area contributed by atoms with Gasteiger partial charge in [-0.25, -0.2) is 4.98 Å². The predicted octanol–water partition coefficient (Wildman–Crippen LogP) is 1.84. The highest BCUT2D eigenvalue weighted by molar-refractivity contribution is 4.80. The molecule has 1 N–H and O–H groups in total. The van der Waals surface area contributed by atoms with Gasteiger partial charge in [-0.3, -0.25) is 4.68 Å². The Morgan fingerprint density at radius 2 is 2.22 bits per heavy atom. The number of ether oxygens (including phenoxy) is 1. The second kappa shape index (κ2) is 9.05. The molecule has 0 unspecified atom stereocenters. The Bertz CT molecular complexity index is 312. The highest BCUT2D eigenvalue weighted by atomic mass is 16.5. The maximum absolute atomic E-state index is 5.50. The molecule has 0 atom stereocenters. The minimum atomic E-state index is 0.652. The lowest BCUT2D eigenvalue weighted by Crippen LogP contribution is -2.20. The van der Waals surface area contributed by atoms with Gasteiger partial charge in [0.05, 0.1) is 19.7 Å². The number of nitrogens with zero attached hydrogens (tertiary/aromatic N) is 3. The average molecular weight is 254 g/mol. The van der Waals surface area contributed by atoms with Gasteiger partial charge >= 0.3 is 0 Å². The van der Waals surface area contributed by atoms with Crippen LogP contribution in [-0.2, 0) is 17.8 Å². The predicted molar refractivity (Wildman–Crippen MR) is 72.3 cm³/mol. The van der Waals surface area contributed by atoms with E-state index in [0.717, 1.165) is 38.5 Å². The van der Waals surface area contributed by atoms with Crippen LogP contribution in [0.4, 0.5) is 0 Å². The second-order valence-corrected chi connectivity index (χ2v) is 4.91. The molecule has 0 bridgehead atoms. The third-order valence-corrected chi connectivity index (χ3v) is 2.53. The summed E-state index contributed by atoms with van der Waals surface area (Å²) in [6.45, 7) is 10.6. The molecule has 0 amide bonds. The standard InChI is InChI=1S/C13H26N4O/c1-4-5-7-18-8-6-17-11-15-13(16-17)10-14-9-12(2)3/h11-12,14H,4-10H2,1-3H3. The normalized spacial score (nSPS) is 11.3. The number of unbranched alkanes of at least 4 members (excludes halogenated alkanes) is 1. The maximum atomic E-state index is 5.50. The van der Waals surface area contributed by atoms with Gasteiger partial charge in [-0.2, -0.15) is 5.10 Å². The van der Waals surface area contributed by atoms with Gasteiger partial charge in [0, 0.05) is 6.61 Å². The Balaban J connectivity index is 2.13. The molecule has 0 radical (unpaired) electrons. The van der Waals surface area contributed by atoms with Crippen molar-refractivity contribution in [1.82, 2.24) is 20.1 Å². The lowest BCUT2D eigenvalue weighted by Gasteiger charge is -2.04.